The molecule has 108 valence electrons. The van der Waals surface area contributed by atoms with E-state index in [1.54, 1.807) is 6.07 Å². The van der Waals surface area contributed by atoms with Crippen molar-refractivity contribution in [2.45, 2.75) is 39.4 Å². The van der Waals surface area contributed by atoms with Crippen LogP contribution in [0.1, 0.15) is 31.0 Å². The Morgan fingerprint density at radius 3 is 2.60 bits per heavy atom. The fourth-order valence-electron chi connectivity index (χ4n) is 1.98. The quantitative estimate of drug-likeness (QED) is 0.910. The number of nitrogens with zero attached hydrogens (tertiary/aromatic N) is 2. The van der Waals surface area contributed by atoms with Crippen molar-refractivity contribution in [2.24, 2.45) is 0 Å². The largest absolute Gasteiger partial charge is 0.308 e. The van der Waals surface area contributed by atoms with Crippen molar-refractivity contribution < 1.29 is 8.78 Å². The van der Waals surface area contributed by atoms with Gasteiger partial charge in [-0.1, -0.05) is 6.07 Å². The molecule has 20 heavy (non-hydrogen) atoms. The van der Waals surface area contributed by atoms with Crippen LogP contribution in [0.2, 0.25) is 0 Å². The van der Waals surface area contributed by atoms with Crippen LogP contribution in [0.15, 0.2) is 30.6 Å². The second-order valence-electron chi connectivity index (χ2n) is 5.16. The molecule has 0 spiro atoms. The summed E-state index contributed by atoms with van der Waals surface area (Å²) in [6.07, 6.45) is 3.80. The summed E-state index contributed by atoms with van der Waals surface area (Å²) >= 11 is 0. The molecular weight excluding hydrogens is 260 g/mol. The second kappa shape index (κ2) is 6.13. The van der Waals surface area contributed by atoms with Gasteiger partial charge < -0.3 is 5.32 Å². The third-order valence-electron chi connectivity index (χ3n) is 3.48. The van der Waals surface area contributed by atoms with Crippen LogP contribution in [-0.4, -0.2) is 15.8 Å². The third-order valence-corrected chi connectivity index (χ3v) is 3.48. The molecule has 0 amide bonds. The maximum absolute atomic E-state index is 13.1. The fraction of sp³-hybridized carbons (Fsp3) is 0.400. The normalized spacial score (nSPS) is 14.2. The highest BCUT2D eigenvalue weighted by molar-refractivity contribution is 5.17. The Kier molecular flexibility index (Phi) is 4.49. The lowest BCUT2D eigenvalue weighted by Crippen LogP contribution is -2.33. The molecule has 0 aliphatic heterocycles. The van der Waals surface area contributed by atoms with E-state index in [0.29, 0.717) is 6.54 Å². The van der Waals surface area contributed by atoms with Crippen LogP contribution >= 0.6 is 0 Å². The van der Waals surface area contributed by atoms with Gasteiger partial charge in [-0.2, -0.15) is 5.10 Å². The van der Waals surface area contributed by atoms with Crippen molar-refractivity contribution in [1.82, 2.24) is 15.1 Å². The van der Waals surface area contributed by atoms with E-state index in [1.807, 2.05) is 30.9 Å². The summed E-state index contributed by atoms with van der Waals surface area (Å²) in [6.45, 7) is 6.59. The Labute approximate surface area is 117 Å². The maximum atomic E-state index is 13.1. The summed E-state index contributed by atoms with van der Waals surface area (Å²) in [5.74, 6) is -1.63. The van der Waals surface area contributed by atoms with Crippen LogP contribution in [0.3, 0.4) is 0 Å². The first-order valence-electron chi connectivity index (χ1n) is 6.65. The molecule has 0 saturated heterocycles. The summed E-state index contributed by atoms with van der Waals surface area (Å²) in [5.41, 5.74) is 1.84. The van der Waals surface area contributed by atoms with Gasteiger partial charge in [-0.25, -0.2) is 8.78 Å². The Morgan fingerprint density at radius 1 is 1.25 bits per heavy atom. The molecule has 1 aromatic heterocycles. The minimum Gasteiger partial charge on any atom is -0.308 e. The highest BCUT2D eigenvalue weighted by Gasteiger charge is 2.14. The van der Waals surface area contributed by atoms with E-state index in [4.69, 9.17) is 0 Å². The molecule has 5 heteroatoms. The van der Waals surface area contributed by atoms with Gasteiger partial charge in [0.25, 0.3) is 0 Å². The molecule has 2 rings (SSSR count). The Bertz CT molecular complexity index is 580. The standard InChI is InChI=1S/C15H19F2N3/c1-10-7-19-20(9-10)12(3)11(2)18-8-13-4-5-14(16)15(17)6-13/h4-7,9,11-12,18H,8H2,1-3H3/t11-,12-/m1/s1. The first-order valence-corrected chi connectivity index (χ1v) is 6.65. The number of hydrogen-bond donors (Lipinski definition) is 1. The van der Waals surface area contributed by atoms with Gasteiger partial charge in [0, 0.05) is 18.8 Å². The zero-order valence-corrected chi connectivity index (χ0v) is 11.9. The van der Waals surface area contributed by atoms with Crippen LogP contribution < -0.4 is 5.32 Å². The van der Waals surface area contributed by atoms with E-state index < -0.39 is 11.6 Å². The number of aromatic nitrogens is 2. The molecule has 2 aromatic rings. The molecule has 0 fully saturated rings. The molecule has 3 nitrogen and oxygen atoms in total. The zero-order chi connectivity index (χ0) is 14.7. The van der Waals surface area contributed by atoms with E-state index >= 15 is 0 Å². The van der Waals surface area contributed by atoms with Crippen LogP contribution in [-0.2, 0) is 6.54 Å². The van der Waals surface area contributed by atoms with Crippen molar-refractivity contribution >= 4 is 0 Å². The lowest BCUT2D eigenvalue weighted by Gasteiger charge is -2.22. The molecular formula is C15H19F2N3. The highest BCUT2D eigenvalue weighted by atomic mass is 19.2. The summed E-state index contributed by atoms with van der Waals surface area (Å²) in [6, 6.07) is 4.28. The number of halogens is 2. The lowest BCUT2D eigenvalue weighted by atomic mass is 10.1. The van der Waals surface area contributed by atoms with Gasteiger partial charge in [0.15, 0.2) is 11.6 Å². The van der Waals surface area contributed by atoms with Crippen LogP contribution in [0, 0.1) is 18.6 Å². The summed E-state index contributed by atoms with van der Waals surface area (Å²) in [7, 11) is 0. The summed E-state index contributed by atoms with van der Waals surface area (Å²) < 4.78 is 27.9. The monoisotopic (exact) mass is 279 g/mol. The summed E-state index contributed by atoms with van der Waals surface area (Å²) in [5, 5.41) is 7.59. The van der Waals surface area contributed by atoms with Gasteiger partial charge >= 0.3 is 0 Å². The Hall–Kier alpha value is -1.75. The van der Waals surface area contributed by atoms with E-state index in [-0.39, 0.29) is 12.1 Å². The van der Waals surface area contributed by atoms with Crippen molar-refractivity contribution in [3.63, 3.8) is 0 Å². The van der Waals surface area contributed by atoms with Gasteiger partial charge in [0.1, 0.15) is 0 Å². The SMILES string of the molecule is Cc1cnn([C@H](C)[C@@H](C)NCc2ccc(F)c(F)c2)c1. The topological polar surface area (TPSA) is 29.9 Å². The predicted molar refractivity (Wildman–Crippen MR) is 74.3 cm³/mol. The molecule has 0 aliphatic rings. The van der Waals surface area contributed by atoms with Gasteiger partial charge in [0.05, 0.1) is 12.2 Å². The summed E-state index contributed by atoms with van der Waals surface area (Å²) in [4.78, 5) is 0. The molecule has 0 aliphatic carbocycles. The van der Waals surface area contributed by atoms with E-state index in [2.05, 4.69) is 17.3 Å². The molecule has 0 saturated carbocycles. The predicted octanol–water partition coefficient (Wildman–Crippen LogP) is 3.21. The lowest BCUT2D eigenvalue weighted by molar-refractivity contribution is 0.364. The second-order valence-corrected chi connectivity index (χ2v) is 5.16. The van der Waals surface area contributed by atoms with E-state index in [9.17, 15) is 8.78 Å². The van der Waals surface area contributed by atoms with Crippen molar-refractivity contribution in [3.8, 4) is 0 Å². The third kappa shape index (κ3) is 3.42. The number of benzene rings is 1. The molecule has 2 atom stereocenters. The highest BCUT2D eigenvalue weighted by Crippen LogP contribution is 2.13. The number of nitrogens with one attached hydrogen (secondary N) is 1. The number of hydrogen-bond acceptors (Lipinski definition) is 2. The Morgan fingerprint density at radius 2 is 2.00 bits per heavy atom. The fourth-order valence-corrected chi connectivity index (χ4v) is 1.98. The zero-order valence-electron chi connectivity index (χ0n) is 11.9. The number of aryl methyl sites for hydroxylation is 1. The van der Waals surface area contributed by atoms with Crippen molar-refractivity contribution in [1.29, 1.82) is 0 Å². The van der Waals surface area contributed by atoms with Crippen molar-refractivity contribution in [2.75, 3.05) is 0 Å². The maximum Gasteiger partial charge on any atom is 0.159 e. The average Bonchev–Trinajstić information content (AvgIpc) is 2.85. The van der Waals surface area contributed by atoms with E-state index in [0.717, 1.165) is 17.2 Å². The van der Waals surface area contributed by atoms with Crippen LogP contribution in [0.25, 0.3) is 0 Å². The Balaban J connectivity index is 1.94. The smallest absolute Gasteiger partial charge is 0.159 e. The molecule has 1 heterocycles. The average molecular weight is 279 g/mol. The van der Waals surface area contributed by atoms with E-state index in [1.165, 1.54) is 6.07 Å². The minimum atomic E-state index is -0.817. The molecule has 0 unspecified atom stereocenters. The van der Waals surface area contributed by atoms with Crippen LogP contribution in [0.4, 0.5) is 8.78 Å². The number of rotatable bonds is 5. The first kappa shape index (κ1) is 14.7. The van der Waals surface area contributed by atoms with Gasteiger partial charge in [0.2, 0.25) is 0 Å². The first-order chi connectivity index (χ1) is 9.47. The van der Waals surface area contributed by atoms with Gasteiger partial charge in [-0.05, 0) is 44.0 Å². The van der Waals surface area contributed by atoms with Crippen LogP contribution in [0.5, 0.6) is 0 Å². The van der Waals surface area contributed by atoms with Crippen molar-refractivity contribution in [3.05, 3.63) is 53.4 Å². The molecule has 1 aromatic carbocycles. The molecule has 0 radical (unpaired) electrons. The molecule has 0 bridgehead atoms. The minimum absolute atomic E-state index is 0.155. The molecule has 1 N–H and O–H groups in total. The van der Waals surface area contributed by atoms with Gasteiger partial charge in [-0.15, -0.1) is 0 Å². The van der Waals surface area contributed by atoms with Gasteiger partial charge in [-0.3, -0.25) is 4.68 Å².